The zero-order chi connectivity index (χ0) is 19.4. The van der Waals surface area contributed by atoms with Gasteiger partial charge in [-0.25, -0.2) is 0 Å². The molecule has 27 heavy (non-hydrogen) atoms. The molecule has 0 bridgehead atoms. The number of carbonyl (C=O) groups is 2. The van der Waals surface area contributed by atoms with Crippen molar-refractivity contribution in [2.75, 3.05) is 39.1 Å². The molecule has 144 valence electrons. The van der Waals surface area contributed by atoms with E-state index in [1.54, 1.807) is 11.3 Å². The molecule has 6 nitrogen and oxygen atoms in total. The summed E-state index contributed by atoms with van der Waals surface area (Å²) in [6, 6.07) is 10.3. The number of hydrogen-bond acceptors (Lipinski definition) is 5. The molecule has 1 aliphatic heterocycles. The van der Waals surface area contributed by atoms with E-state index in [9.17, 15) is 9.59 Å². The van der Waals surface area contributed by atoms with Gasteiger partial charge in [-0.3, -0.25) is 9.59 Å². The van der Waals surface area contributed by atoms with Crippen molar-refractivity contribution in [1.82, 2.24) is 15.5 Å². The number of amides is 2. The molecule has 0 unspecified atom stereocenters. The molecule has 1 aromatic heterocycles. The van der Waals surface area contributed by atoms with Crippen molar-refractivity contribution < 1.29 is 9.59 Å². The molecule has 2 aromatic rings. The number of anilines is 1. The Hall–Kier alpha value is -2.38. The monoisotopic (exact) mass is 386 g/mol. The van der Waals surface area contributed by atoms with Crippen molar-refractivity contribution in [3.05, 3.63) is 51.7 Å². The Labute approximate surface area is 164 Å². The number of thiophene rings is 1. The van der Waals surface area contributed by atoms with Gasteiger partial charge in [-0.1, -0.05) is 18.2 Å². The Balaban J connectivity index is 1.58. The van der Waals surface area contributed by atoms with Gasteiger partial charge in [0, 0.05) is 30.7 Å². The maximum Gasteiger partial charge on any atom is 0.309 e. The summed E-state index contributed by atoms with van der Waals surface area (Å²) in [5, 5.41) is 7.37. The lowest BCUT2D eigenvalue weighted by molar-refractivity contribution is -0.139. The maximum absolute atomic E-state index is 12.1. The van der Waals surface area contributed by atoms with Crippen LogP contribution in [0.25, 0.3) is 0 Å². The number of benzene rings is 1. The lowest BCUT2D eigenvalue weighted by Gasteiger charge is -2.26. The van der Waals surface area contributed by atoms with E-state index in [-0.39, 0.29) is 6.04 Å². The molecular weight excluding hydrogens is 360 g/mol. The molecule has 0 fully saturated rings. The van der Waals surface area contributed by atoms with Gasteiger partial charge < -0.3 is 20.4 Å². The molecule has 0 radical (unpaired) electrons. The molecule has 1 atom stereocenters. The average Bonchev–Trinajstić information content (AvgIpc) is 3.29. The van der Waals surface area contributed by atoms with Crippen LogP contribution in [0.4, 0.5) is 5.69 Å². The molecule has 7 heteroatoms. The fourth-order valence-electron chi connectivity index (χ4n) is 3.32. The van der Waals surface area contributed by atoms with E-state index in [0.717, 1.165) is 23.4 Å². The third-order valence-corrected chi connectivity index (χ3v) is 5.78. The molecule has 1 aliphatic rings. The lowest BCUT2D eigenvalue weighted by atomic mass is 10.0. The van der Waals surface area contributed by atoms with Crippen LogP contribution in [-0.2, 0) is 22.6 Å². The van der Waals surface area contributed by atoms with Crippen LogP contribution in [0.2, 0.25) is 0 Å². The minimum Gasteiger partial charge on any atom is -0.374 e. The normalized spacial score (nSPS) is 14.1. The van der Waals surface area contributed by atoms with Crippen LogP contribution >= 0.6 is 11.3 Å². The number of likely N-dealkylation sites (N-methyl/N-ethyl adjacent to an activating group) is 2. The summed E-state index contributed by atoms with van der Waals surface area (Å²) in [6.07, 6.45) is 1.04. The van der Waals surface area contributed by atoms with Crippen LogP contribution in [0, 0.1) is 0 Å². The van der Waals surface area contributed by atoms with Crippen LogP contribution in [0.15, 0.2) is 35.7 Å². The second-order valence-electron chi connectivity index (χ2n) is 7.01. The Bertz CT molecular complexity index is 804. The summed E-state index contributed by atoms with van der Waals surface area (Å²) >= 11 is 1.55. The Kier molecular flexibility index (Phi) is 6.13. The summed E-state index contributed by atoms with van der Waals surface area (Å²) in [6.45, 7) is 1.79. The van der Waals surface area contributed by atoms with Gasteiger partial charge in [0.1, 0.15) is 0 Å². The fourth-order valence-corrected chi connectivity index (χ4v) is 3.97. The Morgan fingerprint density at radius 1 is 1.22 bits per heavy atom. The highest BCUT2D eigenvalue weighted by atomic mass is 32.1. The molecular formula is C20H26N4O2S. The standard InChI is InChI=1S/C20H26N4O2S/c1-23(2)18(14-6-7-17-15(11-14)8-9-24(17)3)13-22-20(26)19(25)21-12-16-5-4-10-27-16/h4-7,10-11,18H,8-9,12-13H2,1-3H3,(H,21,25)(H,22,26)/t18-/m0/s1. The van der Waals surface area contributed by atoms with Crippen LogP contribution in [0.1, 0.15) is 22.0 Å². The maximum atomic E-state index is 12.1. The van der Waals surface area contributed by atoms with E-state index >= 15 is 0 Å². The summed E-state index contributed by atoms with van der Waals surface area (Å²) in [5.41, 5.74) is 3.75. The van der Waals surface area contributed by atoms with Crippen molar-refractivity contribution in [2.45, 2.75) is 19.0 Å². The molecule has 2 heterocycles. The van der Waals surface area contributed by atoms with Crippen molar-refractivity contribution in [2.24, 2.45) is 0 Å². The predicted molar refractivity (Wildman–Crippen MR) is 109 cm³/mol. The molecule has 1 aromatic carbocycles. The van der Waals surface area contributed by atoms with Gasteiger partial charge in [0.25, 0.3) is 0 Å². The van der Waals surface area contributed by atoms with Crippen molar-refractivity contribution >= 4 is 28.8 Å². The molecule has 2 N–H and O–H groups in total. The van der Waals surface area contributed by atoms with E-state index in [1.165, 1.54) is 11.3 Å². The number of carbonyl (C=O) groups excluding carboxylic acids is 2. The van der Waals surface area contributed by atoms with Gasteiger partial charge in [-0.15, -0.1) is 11.3 Å². The van der Waals surface area contributed by atoms with Crippen molar-refractivity contribution in [3.63, 3.8) is 0 Å². The highest BCUT2D eigenvalue weighted by molar-refractivity contribution is 7.09. The Morgan fingerprint density at radius 3 is 2.70 bits per heavy atom. The smallest absolute Gasteiger partial charge is 0.309 e. The molecule has 0 spiro atoms. The minimum absolute atomic E-state index is 0.00949. The summed E-state index contributed by atoms with van der Waals surface area (Å²) in [7, 11) is 6.06. The third-order valence-electron chi connectivity index (χ3n) is 4.90. The molecule has 0 aliphatic carbocycles. The first-order valence-electron chi connectivity index (χ1n) is 9.04. The van der Waals surface area contributed by atoms with Crippen LogP contribution in [0.5, 0.6) is 0 Å². The zero-order valence-corrected chi connectivity index (χ0v) is 16.8. The van der Waals surface area contributed by atoms with Gasteiger partial charge in [0.2, 0.25) is 0 Å². The third kappa shape index (κ3) is 4.67. The summed E-state index contributed by atoms with van der Waals surface area (Å²) < 4.78 is 0. The van der Waals surface area contributed by atoms with Gasteiger partial charge in [0.15, 0.2) is 0 Å². The zero-order valence-electron chi connectivity index (χ0n) is 16.0. The highest BCUT2D eigenvalue weighted by Crippen LogP contribution is 2.30. The number of nitrogens with one attached hydrogen (secondary N) is 2. The number of fused-ring (bicyclic) bond motifs is 1. The van der Waals surface area contributed by atoms with Gasteiger partial charge in [0.05, 0.1) is 12.6 Å². The second kappa shape index (κ2) is 8.54. The highest BCUT2D eigenvalue weighted by Gasteiger charge is 2.22. The second-order valence-corrected chi connectivity index (χ2v) is 8.04. The first kappa shape index (κ1) is 19.4. The first-order chi connectivity index (χ1) is 13.0. The van der Waals surface area contributed by atoms with Gasteiger partial charge in [-0.05, 0) is 49.2 Å². The van der Waals surface area contributed by atoms with E-state index in [2.05, 4.69) is 45.7 Å². The summed E-state index contributed by atoms with van der Waals surface area (Å²) in [5.74, 6) is -1.20. The number of hydrogen-bond donors (Lipinski definition) is 2. The van der Waals surface area contributed by atoms with Gasteiger partial charge >= 0.3 is 11.8 Å². The molecule has 3 rings (SSSR count). The predicted octanol–water partition coefficient (Wildman–Crippen LogP) is 1.78. The Morgan fingerprint density at radius 2 is 2.00 bits per heavy atom. The van der Waals surface area contributed by atoms with Crippen molar-refractivity contribution in [3.8, 4) is 0 Å². The fraction of sp³-hybridized carbons (Fsp3) is 0.400. The SMILES string of the molecule is CN1CCc2cc([C@H](CNC(=O)C(=O)NCc3cccs3)N(C)C)ccc21. The molecule has 2 amide bonds. The lowest BCUT2D eigenvalue weighted by Crippen LogP contribution is -2.42. The number of nitrogens with zero attached hydrogens (tertiary/aromatic N) is 2. The first-order valence-corrected chi connectivity index (χ1v) is 9.92. The molecule has 0 saturated carbocycles. The minimum atomic E-state index is -0.600. The summed E-state index contributed by atoms with van der Waals surface area (Å²) in [4.78, 5) is 29.5. The van der Waals surface area contributed by atoms with E-state index < -0.39 is 11.8 Å². The molecule has 0 saturated heterocycles. The van der Waals surface area contributed by atoms with Crippen LogP contribution in [-0.4, -0.2) is 50.9 Å². The van der Waals surface area contributed by atoms with Crippen LogP contribution < -0.4 is 15.5 Å². The van der Waals surface area contributed by atoms with Crippen molar-refractivity contribution in [1.29, 1.82) is 0 Å². The quantitative estimate of drug-likeness (QED) is 0.743. The topological polar surface area (TPSA) is 64.7 Å². The largest absolute Gasteiger partial charge is 0.374 e. The number of rotatable bonds is 6. The van der Waals surface area contributed by atoms with E-state index in [0.29, 0.717) is 13.1 Å². The van der Waals surface area contributed by atoms with Crippen LogP contribution in [0.3, 0.4) is 0 Å². The average molecular weight is 387 g/mol. The van der Waals surface area contributed by atoms with E-state index in [1.807, 2.05) is 31.6 Å². The van der Waals surface area contributed by atoms with Gasteiger partial charge in [-0.2, -0.15) is 0 Å². The van der Waals surface area contributed by atoms with E-state index in [4.69, 9.17) is 0 Å².